The summed E-state index contributed by atoms with van der Waals surface area (Å²) in [5.74, 6) is -0.185. The molecule has 2 N–H and O–H groups in total. The van der Waals surface area contributed by atoms with Gasteiger partial charge in [-0.3, -0.25) is 9.59 Å². The summed E-state index contributed by atoms with van der Waals surface area (Å²) < 4.78 is 4.74. The van der Waals surface area contributed by atoms with Crippen LogP contribution >= 0.6 is 0 Å². The Morgan fingerprint density at radius 1 is 1.39 bits per heavy atom. The SMILES string of the molecule is CCCCC(NCCC(=O)NC1CC1)C(=O)OC. The first kappa shape index (κ1) is 15.0. The van der Waals surface area contributed by atoms with Gasteiger partial charge in [-0.2, -0.15) is 0 Å². The van der Waals surface area contributed by atoms with Gasteiger partial charge in [0.1, 0.15) is 6.04 Å². The minimum Gasteiger partial charge on any atom is -0.468 e. The Morgan fingerprint density at radius 2 is 2.11 bits per heavy atom. The van der Waals surface area contributed by atoms with Gasteiger partial charge in [0.25, 0.3) is 0 Å². The van der Waals surface area contributed by atoms with E-state index in [-0.39, 0.29) is 17.9 Å². The van der Waals surface area contributed by atoms with Gasteiger partial charge in [0.2, 0.25) is 5.91 Å². The number of esters is 1. The number of unbranched alkanes of at least 4 members (excludes halogenated alkanes) is 1. The highest BCUT2D eigenvalue weighted by atomic mass is 16.5. The van der Waals surface area contributed by atoms with Crippen LogP contribution in [0.25, 0.3) is 0 Å². The molecule has 0 heterocycles. The molecule has 1 aliphatic rings. The summed E-state index contributed by atoms with van der Waals surface area (Å²) in [6, 6.07) is 0.109. The van der Waals surface area contributed by atoms with Gasteiger partial charge in [0, 0.05) is 19.0 Å². The highest BCUT2D eigenvalue weighted by Gasteiger charge is 2.23. The van der Waals surface area contributed by atoms with Gasteiger partial charge in [-0.15, -0.1) is 0 Å². The number of methoxy groups -OCH3 is 1. The lowest BCUT2D eigenvalue weighted by atomic mass is 10.1. The first-order valence-electron chi connectivity index (χ1n) is 6.78. The fraction of sp³-hybridized carbons (Fsp3) is 0.846. The molecule has 18 heavy (non-hydrogen) atoms. The van der Waals surface area contributed by atoms with Crippen molar-refractivity contribution in [2.24, 2.45) is 0 Å². The van der Waals surface area contributed by atoms with Crippen molar-refractivity contribution in [3.8, 4) is 0 Å². The molecule has 0 aromatic carbocycles. The van der Waals surface area contributed by atoms with Gasteiger partial charge < -0.3 is 15.4 Å². The van der Waals surface area contributed by atoms with Crippen molar-refractivity contribution in [2.75, 3.05) is 13.7 Å². The molecule has 0 aromatic rings. The molecule has 1 atom stereocenters. The molecule has 0 bridgehead atoms. The van der Waals surface area contributed by atoms with Crippen molar-refractivity contribution >= 4 is 11.9 Å². The molecule has 0 radical (unpaired) electrons. The van der Waals surface area contributed by atoms with Crippen LogP contribution in [-0.2, 0) is 14.3 Å². The number of carbonyl (C=O) groups excluding carboxylic acids is 2. The molecule has 0 aromatic heterocycles. The van der Waals surface area contributed by atoms with Crippen LogP contribution in [0.5, 0.6) is 0 Å². The van der Waals surface area contributed by atoms with E-state index in [2.05, 4.69) is 17.6 Å². The maximum Gasteiger partial charge on any atom is 0.322 e. The van der Waals surface area contributed by atoms with Crippen LogP contribution in [0.15, 0.2) is 0 Å². The molecule has 1 rings (SSSR count). The fourth-order valence-corrected chi connectivity index (χ4v) is 1.74. The third-order valence-corrected chi connectivity index (χ3v) is 3.02. The standard InChI is InChI=1S/C13H24N2O3/c1-3-4-5-11(13(17)18-2)14-9-8-12(16)15-10-6-7-10/h10-11,14H,3-9H2,1-2H3,(H,15,16). The lowest BCUT2D eigenvalue weighted by Gasteiger charge is -2.15. The second-order valence-electron chi connectivity index (χ2n) is 4.76. The second kappa shape index (κ2) is 8.08. The van der Waals surface area contributed by atoms with Crippen molar-refractivity contribution in [3.63, 3.8) is 0 Å². The lowest BCUT2D eigenvalue weighted by Crippen LogP contribution is -2.39. The van der Waals surface area contributed by atoms with E-state index in [4.69, 9.17) is 4.74 Å². The van der Waals surface area contributed by atoms with Gasteiger partial charge >= 0.3 is 5.97 Å². The van der Waals surface area contributed by atoms with Gasteiger partial charge in [0.05, 0.1) is 7.11 Å². The van der Waals surface area contributed by atoms with Crippen LogP contribution in [-0.4, -0.2) is 37.6 Å². The van der Waals surface area contributed by atoms with Crippen LogP contribution in [0.1, 0.15) is 45.4 Å². The topological polar surface area (TPSA) is 67.4 Å². The van der Waals surface area contributed by atoms with Crippen molar-refractivity contribution in [3.05, 3.63) is 0 Å². The Morgan fingerprint density at radius 3 is 2.67 bits per heavy atom. The smallest absolute Gasteiger partial charge is 0.322 e. The van der Waals surface area contributed by atoms with E-state index in [0.29, 0.717) is 19.0 Å². The molecule has 104 valence electrons. The first-order chi connectivity index (χ1) is 8.67. The van der Waals surface area contributed by atoms with Gasteiger partial charge in [0.15, 0.2) is 0 Å². The van der Waals surface area contributed by atoms with Gasteiger partial charge in [-0.25, -0.2) is 0 Å². The average Bonchev–Trinajstić information content (AvgIpc) is 3.16. The number of rotatable bonds is 9. The highest BCUT2D eigenvalue weighted by molar-refractivity contribution is 5.77. The molecule has 0 saturated heterocycles. The lowest BCUT2D eigenvalue weighted by molar-refractivity contribution is -0.143. The van der Waals surface area contributed by atoms with Crippen molar-refractivity contribution in [2.45, 2.75) is 57.5 Å². The molecular weight excluding hydrogens is 232 g/mol. The van der Waals surface area contributed by atoms with Gasteiger partial charge in [-0.05, 0) is 19.3 Å². The van der Waals surface area contributed by atoms with E-state index in [9.17, 15) is 9.59 Å². The normalized spacial score (nSPS) is 16.1. The molecule has 1 unspecified atom stereocenters. The largest absolute Gasteiger partial charge is 0.468 e. The molecule has 1 saturated carbocycles. The van der Waals surface area contributed by atoms with E-state index < -0.39 is 0 Å². The van der Waals surface area contributed by atoms with Crippen molar-refractivity contribution in [1.82, 2.24) is 10.6 Å². The molecule has 5 heteroatoms. The predicted molar refractivity (Wildman–Crippen MR) is 69.1 cm³/mol. The number of amides is 1. The summed E-state index contributed by atoms with van der Waals surface area (Å²) in [5, 5.41) is 6.01. The van der Waals surface area contributed by atoms with Crippen molar-refractivity contribution in [1.29, 1.82) is 0 Å². The molecular formula is C13H24N2O3. The number of nitrogens with one attached hydrogen (secondary N) is 2. The quantitative estimate of drug-likeness (QED) is 0.603. The molecule has 1 amide bonds. The van der Waals surface area contributed by atoms with Crippen LogP contribution < -0.4 is 10.6 Å². The average molecular weight is 256 g/mol. The van der Waals surface area contributed by atoms with E-state index in [0.717, 1.165) is 32.1 Å². The minimum absolute atomic E-state index is 0.0594. The minimum atomic E-state index is -0.288. The third-order valence-electron chi connectivity index (χ3n) is 3.02. The number of ether oxygens (including phenoxy) is 1. The maximum atomic E-state index is 11.5. The van der Waals surface area contributed by atoms with Gasteiger partial charge in [-0.1, -0.05) is 19.8 Å². The molecule has 1 aliphatic carbocycles. The zero-order valence-electron chi connectivity index (χ0n) is 11.3. The summed E-state index contributed by atoms with van der Waals surface area (Å²) in [5.41, 5.74) is 0. The maximum absolute atomic E-state index is 11.5. The zero-order valence-corrected chi connectivity index (χ0v) is 11.3. The first-order valence-corrected chi connectivity index (χ1v) is 6.78. The Balaban J connectivity index is 2.18. The Bertz CT molecular complexity index is 277. The summed E-state index contributed by atoms with van der Waals surface area (Å²) in [6.45, 7) is 2.60. The van der Waals surface area contributed by atoms with E-state index >= 15 is 0 Å². The second-order valence-corrected chi connectivity index (χ2v) is 4.76. The monoisotopic (exact) mass is 256 g/mol. The number of hydrogen-bond acceptors (Lipinski definition) is 4. The Labute approximate surface area is 109 Å². The summed E-state index contributed by atoms with van der Waals surface area (Å²) >= 11 is 0. The van der Waals surface area contributed by atoms with Crippen LogP contribution in [0.4, 0.5) is 0 Å². The third kappa shape index (κ3) is 6.00. The molecule has 0 spiro atoms. The summed E-state index contributed by atoms with van der Waals surface area (Å²) in [6.07, 6.45) is 5.38. The number of hydrogen-bond donors (Lipinski definition) is 2. The Kier molecular flexibility index (Phi) is 6.72. The fourth-order valence-electron chi connectivity index (χ4n) is 1.74. The molecule has 1 fully saturated rings. The molecule has 5 nitrogen and oxygen atoms in total. The van der Waals surface area contributed by atoms with Crippen molar-refractivity contribution < 1.29 is 14.3 Å². The summed E-state index contributed by atoms with van der Waals surface area (Å²) in [4.78, 5) is 23.0. The van der Waals surface area contributed by atoms with Crippen LogP contribution in [0.2, 0.25) is 0 Å². The van der Waals surface area contributed by atoms with E-state index in [1.54, 1.807) is 0 Å². The number of carbonyl (C=O) groups is 2. The van der Waals surface area contributed by atoms with Crippen LogP contribution in [0, 0.1) is 0 Å². The van der Waals surface area contributed by atoms with E-state index in [1.165, 1.54) is 7.11 Å². The highest BCUT2D eigenvalue weighted by Crippen LogP contribution is 2.18. The molecule has 0 aliphatic heterocycles. The van der Waals surface area contributed by atoms with E-state index in [1.807, 2.05) is 0 Å². The predicted octanol–water partition coefficient (Wildman–Crippen LogP) is 0.976. The Hall–Kier alpha value is -1.10. The van der Waals surface area contributed by atoms with Crippen LogP contribution in [0.3, 0.4) is 0 Å². The summed E-state index contributed by atoms with van der Waals surface area (Å²) in [7, 11) is 1.39. The zero-order chi connectivity index (χ0) is 13.4.